The predicted molar refractivity (Wildman–Crippen MR) is 77.4 cm³/mol. The summed E-state index contributed by atoms with van der Waals surface area (Å²) in [6, 6.07) is 10.5. The highest BCUT2D eigenvalue weighted by Gasteiger charge is 2.11. The zero-order valence-electron chi connectivity index (χ0n) is 10.8. The number of nitro benzene ring substituents is 1. The molecule has 0 fully saturated rings. The molecule has 0 saturated heterocycles. The molecule has 0 saturated carbocycles. The number of halogens is 1. The maximum atomic E-state index is 11.3. The Hall–Kier alpha value is -2.60. The van der Waals surface area contributed by atoms with Gasteiger partial charge < -0.3 is 10.5 Å². The van der Waals surface area contributed by atoms with Gasteiger partial charge in [0.15, 0.2) is 0 Å². The minimum Gasteiger partial charge on any atom is -0.488 e. The second kappa shape index (κ2) is 6.23. The lowest BCUT2D eigenvalue weighted by Gasteiger charge is -2.10. The van der Waals surface area contributed by atoms with Crippen molar-refractivity contribution in [2.24, 2.45) is 5.73 Å². The molecule has 0 aliphatic carbocycles. The van der Waals surface area contributed by atoms with Crippen LogP contribution in [0.5, 0.6) is 5.75 Å². The quantitative estimate of drug-likeness (QED) is 0.678. The highest BCUT2D eigenvalue weighted by atomic mass is 35.5. The smallest absolute Gasteiger partial charge is 0.269 e. The van der Waals surface area contributed by atoms with E-state index in [0.717, 1.165) is 0 Å². The summed E-state index contributed by atoms with van der Waals surface area (Å²) in [7, 11) is 0. The molecule has 0 aliphatic heterocycles. The second-order valence-electron chi connectivity index (χ2n) is 4.22. The zero-order chi connectivity index (χ0) is 15.4. The summed E-state index contributed by atoms with van der Waals surface area (Å²) in [6.07, 6.45) is 0. The van der Waals surface area contributed by atoms with E-state index in [0.29, 0.717) is 10.6 Å². The summed E-state index contributed by atoms with van der Waals surface area (Å²) in [5.41, 5.74) is 5.99. The Labute approximate surface area is 125 Å². The number of carbonyl (C=O) groups is 1. The van der Waals surface area contributed by atoms with Gasteiger partial charge in [0, 0.05) is 17.2 Å². The van der Waals surface area contributed by atoms with Gasteiger partial charge in [0.05, 0.1) is 10.5 Å². The molecule has 2 aromatic rings. The molecule has 0 heterocycles. The van der Waals surface area contributed by atoms with Gasteiger partial charge in [-0.3, -0.25) is 14.9 Å². The van der Waals surface area contributed by atoms with E-state index < -0.39 is 10.8 Å². The number of nitro groups is 1. The number of non-ortho nitro benzene ring substituents is 1. The van der Waals surface area contributed by atoms with Crippen molar-refractivity contribution in [2.45, 2.75) is 6.61 Å². The molecule has 7 heteroatoms. The lowest BCUT2D eigenvalue weighted by atomic mass is 10.2. The third kappa shape index (κ3) is 3.70. The molecule has 0 atom stereocenters. The van der Waals surface area contributed by atoms with Crippen LogP contribution in [0.25, 0.3) is 0 Å². The first-order valence-electron chi connectivity index (χ1n) is 5.93. The number of benzene rings is 2. The Balaban J connectivity index is 2.18. The molecular formula is C14H11ClN2O4. The van der Waals surface area contributed by atoms with Crippen LogP contribution in [0.2, 0.25) is 5.02 Å². The zero-order valence-corrected chi connectivity index (χ0v) is 11.5. The maximum absolute atomic E-state index is 11.3. The number of ether oxygens (including phenoxy) is 1. The summed E-state index contributed by atoms with van der Waals surface area (Å²) in [5, 5.41) is 11.1. The van der Waals surface area contributed by atoms with Crippen LogP contribution in [0.15, 0.2) is 42.5 Å². The van der Waals surface area contributed by atoms with E-state index in [1.165, 1.54) is 24.3 Å². The molecule has 2 aromatic carbocycles. The van der Waals surface area contributed by atoms with Gasteiger partial charge in [-0.2, -0.15) is 0 Å². The summed E-state index contributed by atoms with van der Waals surface area (Å²) in [5.74, 6) is -0.384. The second-order valence-corrected chi connectivity index (χ2v) is 4.66. The first-order valence-corrected chi connectivity index (χ1v) is 6.30. The van der Waals surface area contributed by atoms with Crippen LogP contribution < -0.4 is 10.5 Å². The number of primary amides is 1. The van der Waals surface area contributed by atoms with Gasteiger partial charge in [-0.05, 0) is 23.8 Å². The Morgan fingerprint density at radius 1 is 1.29 bits per heavy atom. The highest BCUT2D eigenvalue weighted by Crippen LogP contribution is 2.24. The number of carbonyl (C=O) groups excluding carboxylic acids is 1. The van der Waals surface area contributed by atoms with E-state index in [2.05, 4.69) is 0 Å². The molecule has 0 bridgehead atoms. The number of hydrogen-bond acceptors (Lipinski definition) is 4. The minimum atomic E-state index is -0.661. The summed E-state index contributed by atoms with van der Waals surface area (Å²) in [6.45, 7) is 0.0730. The molecule has 1 amide bonds. The maximum Gasteiger partial charge on any atom is 0.269 e. The minimum absolute atomic E-state index is 0.0256. The Morgan fingerprint density at radius 2 is 2.05 bits per heavy atom. The molecule has 0 aliphatic rings. The van der Waals surface area contributed by atoms with E-state index in [9.17, 15) is 14.9 Å². The Kier molecular flexibility index (Phi) is 4.39. The van der Waals surface area contributed by atoms with Gasteiger partial charge in [-0.25, -0.2) is 0 Å². The number of amides is 1. The van der Waals surface area contributed by atoms with Crippen LogP contribution in [0, 0.1) is 10.1 Å². The highest BCUT2D eigenvalue weighted by molar-refractivity contribution is 6.31. The number of rotatable bonds is 5. The third-order valence-corrected chi connectivity index (χ3v) is 2.96. The first-order chi connectivity index (χ1) is 9.97. The van der Waals surface area contributed by atoms with Crippen LogP contribution in [0.3, 0.4) is 0 Å². The fraction of sp³-hybridized carbons (Fsp3) is 0.0714. The van der Waals surface area contributed by atoms with Gasteiger partial charge in [0.2, 0.25) is 0 Å². The molecule has 2 rings (SSSR count). The summed E-state index contributed by atoms with van der Waals surface area (Å²) >= 11 is 5.80. The number of nitrogens with two attached hydrogens (primary N) is 1. The van der Waals surface area contributed by atoms with Crippen LogP contribution in [-0.4, -0.2) is 10.8 Å². The lowest BCUT2D eigenvalue weighted by Crippen LogP contribution is -2.13. The first kappa shape index (κ1) is 14.8. The van der Waals surface area contributed by atoms with Crippen molar-refractivity contribution in [1.82, 2.24) is 0 Å². The lowest BCUT2D eigenvalue weighted by molar-refractivity contribution is -0.384. The molecule has 21 heavy (non-hydrogen) atoms. The Bertz CT molecular complexity index is 703. The van der Waals surface area contributed by atoms with Gasteiger partial charge in [0.1, 0.15) is 12.4 Å². The molecule has 2 N–H and O–H groups in total. The fourth-order valence-corrected chi connectivity index (χ4v) is 1.91. The van der Waals surface area contributed by atoms with Gasteiger partial charge >= 0.3 is 0 Å². The van der Waals surface area contributed by atoms with E-state index in [4.69, 9.17) is 22.1 Å². The van der Waals surface area contributed by atoms with Crippen LogP contribution >= 0.6 is 11.6 Å². The van der Waals surface area contributed by atoms with E-state index in [-0.39, 0.29) is 23.6 Å². The average molecular weight is 307 g/mol. The molecular weight excluding hydrogens is 296 g/mol. The van der Waals surface area contributed by atoms with E-state index in [1.807, 2.05) is 0 Å². The normalized spacial score (nSPS) is 10.1. The van der Waals surface area contributed by atoms with Crippen molar-refractivity contribution in [3.63, 3.8) is 0 Å². The largest absolute Gasteiger partial charge is 0.488 e. The molecule has 6 nitrogen and oxygen atoms in total. The number of nitrogens with zero attached hydrogens (tertiary/aromatic N) is 1. The van der Waals surface area contributed by atoms with Crippen molar-refractivity contribution < 1.29 is 14.5 Å². The molecule has 0 spiro atoms. The van der Waals surface area contributed by atoms with E-state index in [1.54, 1.807) is 18.2 Å². The fourth-order valence-electron chi connectivity index (χ4n) is 1.74. The van der Waals surface area contributed by atoms with Crippen LogP contribution in [-0.2, 0) is 6.61 Å². The van der Waals surface area contributed by atoms with Crippen molar-refractivity contribution in [1.29, 1.82) is 0 Å². The number of hydrogen-bond donors (Lipinski definition) is 1. The molecule has 0 aromatic heterocycles. The molecule has 0 radical (unpaired) electrons. The van der Waals surface area contributed by atoms with Gasteiger partial charge in [0.25, 0.3) is 11.6 Å². The van der Waals surface area contributed by atoms with E-state index >= 15 is 0 Å². The topological polar surface area (TPSA) is 95.5 Å². The molecule has 0 unspecified atom stereocenters. The van der Waals surface area contributed by atoms with Gasteiger partial charge in [-0.1, -0.05) is 23.7 Å². The monoisotopic (exact) mass is 306 g/mol. The predicted octanol–water partition coefficient (Wildman–Crippen LogP) is 2.93. The summed E-state index contributed by atoms with van der Waals surface area (Å²) < 4.78 is 5.49. The Morgan fingerprint density at radius 3 is 2.71 bits per heavy atom. The van der Waals surface area contributed by atoms with Gasteiger partial charge in [-0.15, -0.1) is 0 Å². The van der Waals surface area contributed by atoms with Crippen molar-refractivity contribution in [2.75, 3.05) is 0 Å². The average Bonchev–Trinajstić information content (AvgIpc) is 2.46. The van der Waals surface area contributed by atoms with Crippen molar-refractivity contribution >= 4 is 23.2 Å². The van der Waals surface area contributed by atoms with Crippen LogP contribution in [0.1, 0.15) is 15.9 Å². The third-order valence-electron chi connectivity index (χ3n) is 2.72. The van der Waals surface area contributed by atoms with Crippen LogP contribution in [0.4, 0.5) is 5.69 Å². The van der Waals surface area contributed by atoms with Crippen molar-refractivity contribution in [3.8, 4) is 5.75 Å². The van der Waals surface area contributed by atoms with Crippen molar-refractivity contribution in [3.05, 3.63) is 68.7 Å². The summed E-state index contributed by atoms with van der Waals surface area (Å²) in [4.78, 5) is 21.5. The SMILES string of the molecule is NC(=O)c1cc(Cl)ccc1OCc1cccc([N+](=O)[O-])c1. The molecule has 108 valence electrons. The standard InChI is InChI=1S/C14H11ClN2O4/c15-10-4-5-13(12(7-10)14(16)18)21-8-9-2-1-3-11(6-9)17(19)20/h1-7H,8H2,(H2,16,18).